The van der Waals surface area contributed by atoms with Crippen molar-refractivity contribution in [1.82, 2.24) is 10.3 Å². The molecule has 130 valence electrons. The zero-order valence-electron chi connectivity index (χ0n) is 14.2. The highest BCUT2D eigenvalue weighted by Crippen LogP contribution is 2.32. The van der Waals surface area contributed by atoms with Gasteiger partial charge in [0.25, 0.3) is 5.91 Å². The highest BCUT2D eigenvalue weighted by Gasteiger charge is 2.22. The van der Waals surface area contributed by atoms with Crippen LogP contribution in [0.5, 0.6) is 0 Å². The van der Waals surface area contributed by atoms with Crippen LogP contribution in [0.2, 0.25) is 0 Å². The minimum atomic E-state index is -2.99. The molecular weight excluding hydrogens is 324 g/mol. The van der Waals surface area contributed by atoms with Gasteiger partial charge < -0.3 is 10.3 Å². The average molecular weight is 348 g/mol. The van der Waals surface area contributed by atoms with E-state index in [1.165, 1.54) is 23.9 Å². The van der Waals surface area contributed by atoms with Crippen LogP contribution < -0.4 is 5.32 Å². The number of sulfone groups is 1. The molecule has 0 spiro atoms. The van der Waals surface area contributed by atoms with E-state index >= 15 is 0 Å². The third-order valence-electron chi connectivity index (χ3n) is 4.69. The predicted molar refractivity (Wildman–Crippen MR) is 96.1 cm³/mol. The number of rotatable bonds is 5. The second-order valence-electron chi connectivity index (χ2n) is 6.90. The number of fused-ring (bicyclic) bond motifs is 3. The lowest BCUT2D eigenvalue weighted by molar-refractivity contribution is 0.0955. The molecule has 1 aromatic carbocycles. The Morgan fingerprint density at radius 1 is 1.38 bits per heavy atom. The van der Waals surface area contributed by atoms with Gasteiger partial charge in [-0.25, -0.2) is 8.42 Å². The smallest absolute Gasteiger partial charge is 0.253 e. The Hall–Kier alpha value is -1.82. The average Bonchev–Trinajstić information content (AvgIpc) is 2.88. The summed E-state index contributed by atoms with van der Waals surface area (Å²) >= 11 is 0. The summed E-state index contributed by atoms with van der Waals surface area (Å²) in [4.78, 5) is 15.9. The fourth-order valence-electron chi connectivity index (χ4n) is 3.44. The molecular formula is C18H24N2O3S. The molecule has 1 aliphatic rings. The maximum absolute atomic E-state index is 12.5. The van der Waals surface area contributed by atoms with Crippen LogP contribution in [0.4, 0.5) is 0 Å². The van der Waals surface area contributed by atoms with Gasteiger partial charge in [0.2, 0.25) is 0 Å². The van der Waals surface area contributed by atoms with Crippen molar-refractivity contribution in [3.63, 3.8) is 0 Å². The van der Waals surface area contributed by atoms with Crippen molar-refractivity contribution in [3.05, 3.63) is 35.0 Å². The van der Waals surface area contributed by atoms with Gasteiger partial charge in [0.1, 0.15) is 9.84 Å². The Kier molecular flexibility index (Phi) is 4.67. The van der Waals surface area contributed by atoms with E-state index in [4.69, 9.17) is 0 Å². The van der Waals surface area contributed by atoms with Crippen LogP contribution in [0.3, 0.4) is 0 Å². The number of hydrogen-bond acceptors (Lipinski definition) is 3. The third-order valence-corrected chi connectivity index (χ3v) is 5.72. The van der Waals surface area contributed by atoms with Gasteiger partial charge in [-0.3, -0.25) is 4.79 Å². The first-order valence-corrected chi connectivity index (χ1v) is 10.5. The molecule has 0 aliphatic heterocycles. The fourth-order valence-corrected chi connectivity index (χ4v) is 4.10. The van der Waals surface area contributed by atoms with Crippen molar-refractivity contribution < 1.29 is 13.2 Å². The lowest BCUT2D eigenvalue weighted by atomic mass is 9.87. The molecule has 0 fully saturated rings. The summed E-state index contributed by atoms with van der Waals surface area (Å²) in [6, 6.07) is 5.81. The van der Waals surface area contributed by atoms with Crippen molar-refractivity contribution in [2.75, 3.05) is 18.6 Å². The van der Waals surface area contributed by atoms with Crippen LogP contribution >= 0.6 is 0 Å². The van der Waals surface area contributed by atoms with E-state index < -0.39 is 9.84 Å². The minimum absolute atomic E-state index is 0.0895. The highest BCUT2D eigenvalue weighted by atomic mass is 32.2. The molecule has 24 heavy (non-hydrogen) atoms. The van der Waals surface area contributed by atoms with Crippen LogP contribution in [-0.2, 0) is 22.7 Å². The molecule has 0 saturated carbocycles. The lowest BCUT2D eigenvalue weighted by Crippen LogP contribution is -2.26. The summed E-state index contributed by atoms with van der Waals surface area (Å²) in [5, 5.41) is 3.97. The van der Waals surface area contributed by atoms with Crippen LogP contribution in [0.1, 0.15) is 41.4 Å². The van der Waals surface area contributed by atoms with Gasteiger partial charge in [0.05, 0.1) is 16.8 Å². The van der Waals surface area contributed by atoms with Crippen molar-refractivity contribution in [2.24, 2.45) is 5.92 Å². The monoisotopic (exact) mass is 348 g/mol. The Morgan fingerprint density at radius 3 is 2.92 bits per heavy atom. The maximum Gasteiger partial charge on any atom is 0.253 e. The van der Waals surface area contributed by atoms with Gasteiger partial charge in [0, 0.05) is 23.9 Å². The molecule has 0 radical (unpaired) electrons. The fraction of sp³-hybridized carbons (Fsp3) is 0.500. The summed E-state index contributed by atoms with van der Waals surface area (Å²) in [7, 11) is -2.99. The molecule has 1 heterocycles. The number of aromatic amines is 1. The molecule has 5 nitrogen and oxygen atoms in total. The topological polar surface area (TPSA) is 79.0 Å². The number of aromatic nitrogens is 1. The Labute approximate surface area is 142 Å². The molecule has 0 saturated heterocycles. The van der Waals surface area contributed by atoms with Gasteiger partial charge in [-0.2, -0.15) is 0 Å². The third kappa shape index (κ3) is 3.64. The lowest BCUT2D eigenvalue weighted by Gasteiger charge is -2.17. The molecule has 1 unspecified atom stereocenters. The van der Waals surface area contributed by atoms with Crippen molar-refractivity contribution >= 4 is 26.6 Å². The first-order valence-electron chi connectivity index (χ1n) is 8.43. The van der Waals surface area contributed by atoms with Gasteiger partial charge in [-0.05, 0) is 43.2 Å². The first-order chi connectivity index (χ1) is 11.3. The summed E-state index contributed by atoms with van der Waals surface area (Å²) in [6.45, 7) is 2.62. The Balaban J connectivity index is 1.78. The number of amides is 1. The predicted octanol–water partition coefficient (Wildman–Crippen LogP) is 2.46. The number of hydrogen-bond donors (Lipinski definition) is 2. The molecule has 1 atom stereocenters. The van der Waals surface area contributed by atoms with Crippen LogP contribution in [0.15, 0.2) is 18.2 Å². The number of aryl methyl sites for hydroxylation is 1. The SMILES string of the molecule is CC1CCc2[nH]c3c(C(=O)NCCCS(C)(=O)=O)cccc3c2C1. The van der Waals surface area contributed by atoms with E-state index in [9.17, 15) is 13.2 Å². The van der Waals surface area contributed by atoms with Gasteiger partial charge in [0.15, 0.2) is 0 Å². The molecule has 2 aromatic rings. The molecule has 1 aromatic heterocycles. The maximum atomic E-state index is 12.5. The normalized spacial score (nSPS) is 17.7. The van der Waals surface area contributed by atoms with E-state index in [1.54, 1.807) is 0 Å². The van der Waals surface area contributed by atoms with Gasteiger partial charge in [-0.15, -0.1) is 0 Å². The number of carbonyl (C=O) groups is 1. The van der Waals surface area contributed by atoms with E-state index in [0.717, 1.165) is 23.7 Å². The van der Waals surface area contributed by atoms with Gasteiger partial charge in [-0.1, -0.05) is 19.1 Å². The van der Waals surface area contributed by atoms with Crippen LogP contribution in [-0.4, -0.2) is 37.9 Å². The second kappa shape index (κ2) is 6.59. The molecule has 3 rings (SSSR count). The summed E-state index contributed by atoms with van der Waals surface area (Å²) < 4.78 is 22.3. The Bertz CT molecular complexity index is 868. The summed E-state index contributed by atoms with van der Waals surface area (Å²) in [5.41, 5.74) is 4.13. The second-order valence-corrected chi connectivity index (χ2v) is 9.16. The minimum Gasteiger partial charge on any atom is -0.358 e. The molecule has 2 N–H and O–H groups in total. The zero-order chi connectivity index (χ0) is 17.3. The summed E-state index contributed by atoms with van der Waals surface area (Å²) in [6.07, 6.45) is 4.89. The van der Waals surface area contributed by atoms with Crippen LogP contribution in [0.25, 0.3) is 10.9 Å². The molecule has 1 aliphatic carbocycles. The van der Waals surface area contributed by atoms with Crippen molar-refractivity contribution in [1.29, 1.82) is 0 Å². The van der Waals surface area contributed by atoms with Crippen LogP contribution in [0, 0.1) is 5.92 Å². The standard InChI is InChI=1S/C18H24N2O3S/c1-12-7-8-16-15(11-12)13-5-3-6-14(17(13)20-16)18(21)19-9-4-10-24(2,22)23/h3,5-6,12,20H,4,7-11H2,1-2H3,(H,19,21). The summed E-state index contributed by atoms with van der Waals surface area (Å²) in [5.74, 6) is 0.609. The first kappa shape index (κ1) is 17.0. The van der Waals surface area contributed by atoms with E-state index in [0.29, 0.717) is 24.4 Å². The number of carbonyl (C=O) groups excluding carboxylic acids is 1. The Morgan fingerprint density at radius 2 is 2.17 bits per heavy atom. The van der Waals surface area contributed by atoms with Crippen molar-refractivity contribution in [2.45, 2.75) is 32.6 Å². The number of nitrogens with one attached hydrogen (secondary N) is 2. The number of para-hydroxylation sites is 1. The van der Waals surface area contributed by atoms with E-state index in [2.05, 4.69) is 23.3 Å². The molecule has 0 bridgehead atoms. The van der Waals surface area contributed by atoms with E-state index in [1.807, 2.05) is 12.1 Å². The van der Waals surface area contributed by atoms with E-state index in [-0.39, 0.29) is 11.7 Å². The molecule has 6 heteroatoms. The number of H-pyrrole nitrogens is 1. The quantitative estimate of drug-likeness (QED) is 0.815. The molecule has 1 amide bonds. The number of benzene rings is 1. The van der Waals surface area contributed by atoms with Crippen molar-refractivity contribution in [3.8, 4) is 0 Å². The highest BCUT2D eigenvalue weighted by molar-refractivity contribution is 7.90. The largest absolute Gasteiger partial charge is 0.358 e. The van der Waals surface area contributed by atoms with Gasteiger partial charge >= 0.3 is 0 Å². The zero-order valence-corrected chi connectivity index (χ0v) is 15.0.